The van der Waals surface area contributed by atoms with E-state index in [4.69, 9.17) is 5.73 Å². The van der Waals surface area contributed by atoms with Crippen LogP contribution in [0.3, 0.4) is 0 Å². The molecule has 2 aliphatic heterocycles. The highest BCUT2D eigenvalue weighted by Gasteiger charge is 2.39. The second-order valence-electron chi connectivity index (χ2n) is 7.47. The SMILES string of the molecule is NCCc1cccc(NC(=O)c2ccc3c(c2)C(=O)N(C2CCC(=O)NC2=O)C3)c1. The van der Waals surface area contributed by atoms with E-state index in [9.17, 15) is 19.2 Å². The van der Waals surface area contributed by atoms with Crippen LogP contribution in [-0.2, 0) is 22.6 Å². The fourth-order valence-electron chi connectivity index (χ4n) is 3.87. The summed E-state index contributed by atoms with van der Waals surface area (Å²) in [6, 6.07) is 11.7. The molecule has 4 rings (SSSR count). The van der Waals surface area contributed by atoms with Crippen LogP contribution in [0.2, 0.25) is 0 Å². The van der Waals surface area contributed by atoms with Crippen LogP contribution >= 0.6 is 0 Å². The summed E-state index contributed by atoms with van der Waals surface area (Å²) < 4.78 is 0. The van der Waals surface area contributed by atoms with Crippen molar-refractivity contribution in [1.29, 1.82) is 0 Å². The van der Waals surface area contributed by atoms with E-state index in [-0.39, 0.29) is 30.7 Å². The minimum Gasteiger partial charge on any atom is -0.330 e. The third-order valence-electron chi connectivity index (χ3n) is 5.41. The Hall–Kier alpha value is -3.52. The number of amides is 4. The normalized spacial score (nSPS) is 18.2. The number of imide groups is 1. The average molecular weight is 406 g/mol. The maximum absolute atomic E-state index is 12.9. The lowest BCUT2D eigenvalue weighted by Gasteiger charge is -2.29. The Bertz CT molecular complexity index is 1050. The molecule has 0 spiro atoms. The highest BCUT2D eigenvalue weighted by molar-refractivity contribution is 6.08. The first-order valence-corrected chi connectivity index (χ1v) is 9.84. The Kier molecular flexibility index (Phi) is 5.33. The van der Waals surface area contributed by atoms with Crippen molar-refractivity contribution in [3.05, 3.63) is 64.7 Å². The first-order valence-electron chi connectivity index (χ1n) is 9.84. The molecule has 1 unspecified atom stereocenters. The van der Waals surface area contributed by atoms with Crippen molar-refractivity contribution in [2.45, 2.75) is 31.8 Å². The lowest BCUT2D eigenvalue weighted by atomic mass is 10.0. The Balaban J connectivity index is 1.50. The Morgan fingerprint density at radius 2 is 2.00 bits per heavy atom. The van der Waals surface area contributed by atoms with Crippen molar-refractivity contribution < 1.29 is 19.2 Å². The van der Waals surface area contributed by atoms with Crippen LogP contribution in [0.15, 0.2) is 42.5 Å². The molecule has 1 fully saturated rings. The molecule has 2 aromatic rings. The predicted molar refractivity (Wildman–Crippen MR) is 110 cm³/mol. The van der Waals surface area contributed by atoms with E-state index in [1.54, 1.807) is 24.3 Å². The fourth-order valence-corrected chi connectivity index (χ4v) is 3.87. The Labute approximate surface area is 173 Å². The summed E-state index contributed by atoms with van der Waals surface area (Å²) in [7, 11) is 0. The Morgan fingerprint density at radius 3 is 2.77 bits per heavy atom. The minimum absolute atomic E-state index is 0.202. The Morgan fingerprint density at radius 1 is 1.17 bits per heavy atom. The lowest BCUT2D eigenvalue weighted by molar-refractivity contribution is -0.136. The maximum Gasteiger partial charge on any atom is 0.255 e. The molecule has 2 aromatic carbocycles. The average Bonchev–Trinajstić information content (AvgIpc) is 3.04. The van der Waals surface area contributed by atoms with Crippen molar-refractivity contribution in [2.24, 2.45) is 5.73 Å². The van der Waals surface area contributed by atoms with E-state index < -0.39 is 11.9 Å². The van der Waals surface area contributed by atoms with E-state index in [2.05, 4.69) is 10.6 Å². The third kappa shape index (κ3) is 3.81. The molecular formula is C22H22N4O4. The van der Waals surface area contributed by atoms with Crippen molar-refractivity contribution in [3.8, 4) is 0 Å². The third-order valence-corrected chi connectivity index (χ3v) is 5.41. The number of rotatable bonds is 5. The van der Waals surface area contributed by atoms with Crippen LogP contribution in [0.5, 0.6) is 0 Å². The highest BCUT2D eigenvalue weighted by Crippen LogP contribution is 2.28. The van der Waals surface area contributed by atoms with E-state index >= 15 is 0 Å². The molecule has 0 radical (unpaired) electrons. The molecule has 1 atom stereocenters. The van der Waals surface area contributed by atoms with Gasteiger partial charge in [0.25, 0.3) is 11.8 Å². The van der Waals surface area contributed by atoms with Gasteiger partial charge in [0.05, 0.1) is 0 Å². The lowest BCUT2D eigenvalue weighted by Crippen LogP contribution is -2.52. The molecule has 2 heterocycles. The summed E-state index contributed by atoms with van der Waals surface area (Å²) in [5.74, 6) is -1.41. The topological polar surface area (TPSA) is 122 Å². The zero-order chi connectivity index (χ0) is 21.3. The zero-order valence-electron chi connectivity index (χ0n) is 16.3. The number of carbonyl (C=O) groups is 4. The van der Waals surface area contributed by atoms with Gasteiger partial charge in [0, 0.05) is 29.8 Å². The number of piperidine rings is 1. The van der Waals surface area contributed by atoms with Crippen molar-refractivity contribution in [2.75, 3.05) is 11.9 Å². The monoisotopic (exact) mass is 406 g/mol. The second-order valence-corrected chi connectivity index (χ2v) is 7.47. The number of anilines is 1. The molecule has 0 bridgehead atoms. The van der Waals surface area contributed by atoms with Crippen LogP contribution < -0.4 is 16.4 Å². The molecule has 0 saturated carbocycles. The number of fused-ring (bicyclic) bond motifs is 1. The number of hydrogen-bond donors (Lipinski definition) is 3. The molecule has 30 heavy (non-hydrogen) atoms. The standard InChI is InChI=1S/C22H22N4O4/c23-9-8-13-2-1-3-16(10-13)24-20(28)14-4-5-15-12-26(22(30)17(15)11-14)18-6-7-19(27)25-21(18)29/h1-5,10-11,18H,6-9,12,23H2,(H,24,28)(H,25,27,29). The van der Waals surface area contributed by atoms with E-state index in [1.807, 2.05) is 18.2 Å². The van der Waals surface area contributed by atoms with Crippen molar-refractivity contribution in [1.82, 2.24) is 10.2 Å². The predicted octanol–water partition coefficient (Wildman–Crippen LogP) is 1.20. The van der Waals surface area contributed by atoms with Crippen LogP contribution in [0.4, 0.5) is 5.69 Å². The number of hydrogen-bond acceptors (Lipinski definition) is 5. The first-order chi connectivity index (χ1) is 14.5. The molecule has 4 amide bonds. The van der Waals surface area contributed by atoms with Crippen LogP contribution in [0.1, 0.15) is 44.7 Å². The van der Waals surface area contributed by atoms with E-state index in [0.717, 1.165) is 11.1 Å². The number of benzene rings is 2. The van der Waals surface area contributed by atoms with Gasteiger partial charge in [-0.25, -0.2) is 0 Å². The molecule has 0 aliphatic carbocycles. The summed E-state index contributed by atoms with van der Waals surface area (Å²) in [4.78, 5) is 50.6. The molecular weight excluding hydrogens is 384 g/mol. The molecule has 2 aliphatic rings. The quantitative estimate of drug-likeness (QED) is 0.644. The van der Waals surface area contributed by atoms with Gasteiger partial charge in [-0.15, -0.1) is 0 Å². The van der Waals surface area contributed by atoms with Gasteiger partial charge in [-0.2, -0.15) is 0 Å². The second kappa shape index (κ2) is 8.08. The highest BCUT2D eigenvalue weighted by atomic mass is 16.2. The van der Waals surface area contributed by atoms with Gasteiger partial charge in [0.2, 0.25) is 11.8 Å². The van der Waals surface area contributed by atoms with Crippen molar-refractivity contribution >= 4 is 29.3 Å². The fraction of sp³-hybridized carbons (Fsp3) is 0.273. The summed E-state index contributed by atoms with van der Waals surface area (Å²) in [6.07, 6.45) is 1.22. The summed E-state index contributed by atoms with van der Waals surface area (Å²) >= 11 is 0. The van der Waals surface area contributed by atoms with E-state index in [1.165, 1.54) is 4.90 Å². The van der Waals surface area contributed by atoms with Gasteiger partial charge < -0.3 is 16.0 Å². The number of nitrogens with zero attached hydrogens (tertiary/aromatic N) is 1. The summed E-state index contributed by atoms with van der Waals surface area (Å²) in [6.45, 7) is 0.803. The smallest absolute Gasteiger partial charge is 0.255 e. The molecule has 8 nitrogen and oxygen atoms in total. The molecule has 8 heteroatoms. The summed E-state index contributed by atoms with van der Waals surface area (Å²) in [5.41, 5.74) is 8.79. The number of nitrogens with one attached hydrogen (secondary N) is 2. The number of nitrogens with two attached hydrogens (primary N) is 1. The van der Waals surface area contributed by atoms with Gasteiger partial charge in [-0.05, 0) is 54.8 Å². The van der Waals surface area contributed by atoms with Gasteiger partial charge >= 0.3 is 0 Å². The molecule has 154 valence electrons. The van der Waals surface area contributed by atoms with Crippen LogP contribution in [0, 0.1) is 0 Å². The van der Waals surface area contributed by atoms with Gasteiger partial charge in [-0.3, -0.25) is 24.5 Å². The van der Waals surface area contributed by atoms with Crippen LogP contribution in [0.25, 0.3) is 0 Å². The maximum atomic E-state index is 12.9. The molecule has 0 aromatic heterocycles. The van der Waals surface area contributed by atoms with Crippen LogP contribution in [-0.4, -0.2) is 41.1 Å². The van der Waals surface area contributed by atoms with Gasteiger partial charge in [0.1, 0.15) is 6.04 Å². The van der Waals surface area contributed by atoms with Gasteiger partial charge in [0.15, 0.2) is 0 Å². The zero-order valence-corrected chi connectivity index (χ0v) is 16.3. The first kappa shape index (κ1) is 19.8. The van der Waals surface area contributed by atoms with Crippen molar-refractivity contribution in [3.63, 3.8) is 0 Å². The minimum atomic E-state index is -0.676. The van der Waals surface area contributed by atoms with E-state index in [0.29, 0.717) is 36.2 Å². The molecule has 1 saturated heterocycles. The number of carbonyl (C=O) groups excluding carboxylic acids is 4. The largest absolute Gasteiger partial charge is 0.330 e. The molecule has 4 N–H and O–H groups in total. The van der Waals surface area contributed by atoms with Gasteiger partial charge in [-0.1, -0.05) is 18.2 Å². The summed E-state index contributed by atoms with van der Waals surface area (Å²) in [5, 5.41) is 5.12.